The van der Waals surface area contributed by atoms with Gasteiger partial charge < -0.3 is 15.4 Å². The van der Waals surface area contributed by atoms with Crippen molar-refractivity contribution in [3.63, 3.8) is 0 Å². The number of hydrogen-bond acceptors (Lipinski definition) is 5. The zero-order chi connectivity index (χ0) is 15.8. The molecule has 0 saturated carbocycles. The Morgan fingerprint density at radius 2 is 2.19 bits per heavy atom. The van der Waals surface area contributed by atoms with Gasteiger partial charge in [-0.1, -0.05) is 0 Å². The van der Waals surface area contributed by atoms with Crippen LogP contribution >= 0.6 is 0 Å². The monoisotopic (exact) mass is 303 g/mol. The van der Waals surface area contributed by atoms with Gasteiger partial charge >= 0.3 is 0 Å². The molecule has 0 bridgehead atoms. The number of halogens is 2. The van der Waals surface area contributed by atoms with Gasteiger partial charge in [0.25, 0.3) is 18.0 Å². The molecule has 21 heavy (non-hydrogen) atoms. The number of nitro benzene ring substituents is 1. The molecule has 0 saturated heterocycles. The minimum absolute atomic E-state index is 0.0213. The predicted molar refractivity (Wildman–Crippen MR) is 71.8 cm³/mol. The van der Waals surface area contributed by atoms with Gasteiger partial charge in [-0.05, 0) is 12.1 Å². The molecule has 0 spiro atoms. The van der Waals surface area contributed by atoms with Gasteiger partial charge in [-0.25, -0.2) is 8.78 Å². The molecule has 116 valence electrons. The van der Waals surface area contributed by atoms with E-state index in [0.717, 1.165) is 0 Å². The molecule has 1 aromatic carbocycles. The molecule has 0 aromatic heterocycles. The Morgan fingerprint density at radius 3 is 2.76 bits per heavy atom. The van der Waals surface area contributed by atoms with Gasteiger partial charge in [0.1, 0.15) is 12.2 Å². The van der Waals surface area contributed by atoms with E-state index in [1.54, 1.807) is 7.05 Å². The largest absolute Gasteiger partial charge is 0.388 e. The van der Waals surface area contributed by atoms with Crippen molar-refractivity contribution >= 4 is 17.3 Å². The average molecular weight is 303 g/mol. The highest BCUT2D eigenvalue weighted by Gasteiger charge is 2.20. The highest BCUT2D eigenvalue weighted by Crippen LogP contribution is 2.22. The van der Waals surface area contributed by atoms with Crippen molar-refractivity contribution in [2.75, 3.05) is 32.1 Å². The lowest BCUT2D eigenvalue weighted by molar-refractivity contribution is -0.385. The van der Waals surface area contributed by atoms with Crippen molar-refractivity contribution < 1.29 is 23.2 Å². The first-order chi connectivity index (χ1) is 9.95. The fraction of sp³-hybridized carbons (Fsp3) is 0.417. The molecule has 9 heteroatoms. The van der Waals surface area contributed by atoms with Crippen LogP contribution in [0.1, 0.15) is 10.4 Å². The topological polar surface area (TPSA) is 93.5 Å². The van der Waals surface area contributed by atoms with E-state index >= 15 is 0 Å². The Labute approximate surface area is 119 Å². The van der Waals surface area contributed by atoms with Gasteiger partial charge in [0.2, 0.25) is 0 Å². The number of nitrogens with zero attached hydrogens (tertiary/aromatic N) is 1. The maximum Gasteiger partial charge on any atom is 0.282 e. The third-order valence-corrected chi connectivity index (χ3v) is 2.50. The number of alkyl halides is 2. The molecule has 0 unspecified atom stereocenters. The summed E-state index contributed by atoms with van der Waals surface area (Å²) in [6.45, 7) is -0.840. The number of hydrogen-bond donors (Lipinski definition) is 2. The van der Waals surface area contributed by atoms with Crippen LogP contribution in [0.5, 0.6) is 0 Å². The summed E-state index contributed by atoms with van der Waals surface area (Å²) in [5, 5.41) is 16.0. The molecule has 0 fully saturated rings. The lowest BCUT2D eigenvalue weighted by atomic mass is 10.1. The summed E-state index contributed by atoms with van der Waals surface area (Å²) in [7, 11) is 1.61. The minimum atomic E-state index is -2.57. The molecule has 0 aliphatic rings. The van der Waals surface area contributed by atoms with Crippen LogP contribution < -0.4 is 10.6 Å². The van der Waals surface area contributed by atoms with Crippen LogP contribution in [0, 0.1) is 10.1 Å². The fourth-order valence-electron chi connectivity index (χ4n) is 1.54. The van der Waals surface area contributed by atoms with Crippen molar-refractivity contribution in [1.29, 1.82) is 0 Å². The number of carbonyl (C=O) groups excluding carboxylic acids is 1. The molecule has 0 atom stereocenters. The zero-order valence-corrected chi connectivity index (χ0v) is 11.3. The van der Waals surface area contributed by atoms with Gasteiger partial charge in [0, 0.05) is 25.3 Å². The van der Waals surface area contributed by atoms with E-state index in [-0.39, 0.29) is 24.4 Å². The van der Waals surface area contributed by atoms with E-state index in [1.807, 2.05) is 0 Å². The van der Waals surface area contributed by atoms with Gasteiger partial charge in [0.15, 0.2) is 0 Å². The first kappa shape index (κ1) is 16.8. The minimum Gasteiger partial charge on any atom is -0.388 e. The summed E-state index contributed by atoms with van der Waals surface area (Å²) >= 11 is 0. The summed E-state index contributed by atoms with van der Waals surface area (Å²) < 4.78 is 28.2. The molecule has 2 N–H and O–H groups in total. The van der Waals surface area contributed by atoms with Gasteiger partial charge in [0.05, 0.1) is 11.5 Å². The van der Waals surface area contributed by atoms with E-state index in [4.69, 9.17) is 0 Å². The van der Waals surface area contributed by atoms with Gasteiger partial charge in [-0.3, -0.25) is 14.9 Å². The van der Waals surface area contributed by atoms with Crippen LogP contribution in [0.3, 0.4) is 0 Å². The smallest absolute Gasteiger partial charge is 0.282 e. The number of benzene rings is 1. The number of nitrogens with one attached hydrogen (secondary N) is 2. The summed E-state index contributed by atoms with van der Waals surface area (Å²) in [5.74, 6) is -0.667. The first-order valence-electron chi connectivity index (χ1n) is 6.06. The second kappa shape index (κ2) is 8.10. The number of amides is 1. The molecular weight excluding hydrogens is 288 g/mol. The van der Waals surface area contributed by atoms with Crippen molar-refractivity contribution in [1.82, 2.24) is 5.32 Å². The lowest BCUT2D eigenvalue weighted by Gasteiger charge is -2.08. The van der Waals surface area contributed by atoms with Crippen molar-refractivity contribution in [2.24, 2.45) is 0 Å². The SMILES string of the molecule is CNc1ccc([N+](=O)[O-])c(C(=O)NCCOCC(F)F)c1. The Hall–Kier alpha value is -2.29. The fourth-order valence-corrected chi connectivity index (χ4v) is 1.54. The van der Waals surface area contributed by atoms with Crippen LogP contribution in [0.2, 0.25) is 0 Å². The molecular formula is C12H15F2N3O4. The second-order valence-corrected chi connectivity index (χ2v) is 3.96. The lowest BCUT2D eigenvalue weighted by Crippen LogP contribution is -2.28. The number of nitro groups is 1. The summed E-state index contributed by atoms with van der Waals surface area (Å²) in [5.41, 5.74) is 0.0976. The molecule has 0 heterocycles. The highest BCUT2D eigenvalue weighted by molar-refractivity contribution is 5.99. The quantitative estimate of drug-likeness (QED) is 0.432. The Kier molecular flexibility index (Phi) is 6.47. The van der Waals surface area contributed by atoms with E-state index in [2.05, 4.69) is 15.4 Å². The first-order valence-corrected chi connectivity index (χ1v) is 6.06. The number of anilines is 1. The summed E-state index contributed by atoms with van der Waals surface area (Å²) in [6, 6.07) is 4.03. The number of ether oxygens (including phenoxy) is 1. The molecule has 7 nitrogen and oxygen atoms in total. The van der Waals surface area contributed by atoms with Crippen LogP contribution in [0.25, 0.3) is 0 Å². The van der Waals surface area contributed by atoms with E-state index < -0.39 is 23.9 Å². The van der Waals surface area contributed by atoms with Crippen molar-refractivity contribution in [3.05, 3.63) is 33.9 Å². The standard InChI is InChI=1S/C12H15F2N3O4/c1-15-8-2-3-10(17(19)20)9(6-8)12(18)16-4-5-21-7-11(13)14/h2-3,6,11,15H,4-5,7H2,1H3,(H,16,18). The van der Waals surface area contributed by atoms with Crippen LogP contribution in [0.4, 0.5) is 20.2 Å². The van der Waals surface area contributed by atoms with Gasteiger partial charge in [-0.2, -0.15) is 0 Å². The molecule has 1 amide bonds. The Morgan fingerprint density at radius 1 is 1.48 bits per heavy atom. The third-order valence-electron chi connectivity index (χ3n) is 2.50. The molecule has 0 aliphatic heterocycles. The number of rotatable bonds is 8. The Balaban J connectivity index is 2.65. The zero-order valence-electron chi connectivity index (χ0n) is 11.3. The van der Waals surface area contributed by atoms with Crippen molar-refractivity contribution in [2.45, 2.75) is 6.43 Å². The maximum atomic E-state index is 11.9. The van der Waals surface area contributed by atoms with Crippen LogP contribution in [-0.4, -0.2) is 44.1 Å². The summed E-state index contributed by atoms with van der Waals surface area (Å²) in [4.78, 5) is 22.1. The normalized spacial score (nSPS) is 10.5. The second-order valence-electron chi connectivity index (χ2n) is 3.96. The maximum absolute atomic E-state index is 11.9. The molecule has 1 aromatic rings. The summed E-state index contributed by atoms with van der Waals surface area (Å²) in [6.07, 6.45) is -2.57. The predicted octanol–water partition coefficient (Wildman–Crippen LogP) is 1.65. The molecule has 0 aliphatic carbocycles. The van der Waals surface area contributed by atoms with Gasteiger partial charge in [-0.15, -0.1) is 0 Å². The number of carbonyl (C=O) groups is 1. The average Bonchev–Trinajstić information content (AvgIpc) is 2.45. The highest BCUT2D eigenvalue weighted by atomic mass is 19.3. The molecule has 1 rings (SSSR count). The third kappa shape index (κ3) is 5.30. The Bertz CT molecular complexity index is 511. The molecule has 0 radical (unpaired) electrons. The van der Waals surface area contributed by atoms with E-state index in [1.165, 1.54) is 18.2 Å². The van der Waals surface area contributed by atoms with Crippen LogP contribution in [-0.2, 0) is 4.74 Å². The van der Waals surface area contributed by atoms with E-state index in [9.17, 15) is 23.7 Å². The van der Waals surface area contributed by atoms with Crippen LogP contribution in [0.15, 0.2) is 18.2 Å². The van der Waals surface area contributed by atoms with Crippen molar-refractivity contribution in [3.8, 4) is 0 Å². The van der Waals surface area contributed by atoms with E-state index in [0.29, 0.717) is 5.69 Å².